The third-order valence-electron chi connectivity index (χ3n) is 5.10. The van der Waals surface area contributed by atoms with E-state index < -0.39 is 6.10 Å². The van der Waals surface area contributed by atoms with Gasteiger partial charge in [0.15, 0.2) is 0 Å². The van der Waals surface area contributed by atoms with Gasteiger partial charge in [0.05, 0.1) is 11.7 Å². The van der Waals surface area contributed by atoms with Crippen LogP contribution in [-0.4, -0.2) is 53.3 Å². The fraction of sp³-hybridized carbons (Fsp3) is 0.381. The van der Waals surface area contributed by atoms with Gasteiger partial charge in [0.2, 0.25) is 0 Å². The lowest BCUT2D eigenvalue weighted by Crippen LogP contribution is -2.47. The minimum absolute atomic E-state index is 0.0685. The Labute approximate surface area is 164 Å². The zero-order valence-corrected chi connectivity index (χ0v) is 15.8. The number of aliphatic imine (C=N–C) groups is 1. The van der Waals surface area contributed by atoms with Crippen molar-refractivity contribution in [3.63, 3.8) is 0 Å². The van der Waals surface area contributed by atoms with Gasteiger partial charge >= 0.3 is 5.97 Å². The highest BCUT2D eigenvalue weighted by Gasteiger charge is 2.25. The molecule has 0 saturated carbocycles. The Hall–Kier alpha value is -2.77. The zero-order chi connectivity index (χ0) is 20.1. The van der Waals surface area contributed by atoms with Crippen molar-refractivity contribution in [2.75, 3.05) is 19.6 Å². The molecule has 1 amide bonds. The number of carbonyl (C=O) groups excluding carboxylic acids is 2. The maximum absolute atomic E-state index is 12.1. The Balaban J connectivity index is 1.50. The molecule has 2 N–H and O–H groups in total. The van der Waals surface area contributed by atoms with E-state index in [2.05, 4.69) is 28.4 Å². The number of piperidine rings is 1. The summed E-state index contributed by atoms with van der Waals surface area (Å²) < 4.78 is 5.01. The monoisotopic (exact) mass is 383 g/mol. The van der Waals surface area contributed by atoms with Crippen LogP contribution in [0.1, 0.15) is 40.4 Å². The maximum atomic E-state index is 12.1. The van der Waals surface area contributed by atoms with E-state index in [0.29, 0.717) is 12.1 Å². The standard InChI is InChI=1S/C21H25N3O4/c1-3-18(22-4-2)20(26)23-16-7-9-24(10-8-16)12-19(25)14-5-6-17-15(11-14)13-28-21(17)27/h3-6,11,16,19,25H,1-2,7-10,12-13H2,(H,23,26). The van der Waals surface area contributed by atoms with E-state index in [1.54, 1.807) is 12.1 Å². The molecule has 2 heterocycles. The summed E-state index contributed by atoms with van der Waals surface area (Å²) >= 11 is 0. The van der Waals surface area contributed by atoms with Crippen molar-refractivity contribution in [3.05, 3.63) is 60.3 Å². The largest absolute Gasteiger partial charge is 0.457 e. The zero-order valence-electron chi connectivity index (χ0n) is 15.8. The lowest BCUT2D eigenvalue weighted by atomic mass is 10.0. The summed E-state index contributed by atoms with van der Waals surface area (Å²) in [7, 11) is 0. The summed E-state index contributed by atoms with van der Waals surface area (Å²) in [5, 5.41) is 13.5. The third kappa shape index (κ3) is 4.55. The summed E-state index contributed by atoms with van der Waals surface area (Å²) in [4.78, 5) is 29.7. The van der Waals surface area contributed by atoms with Crippen molar-refractivity contribution in [2.45, 2.75) is 31.6 Å². The molecule has 1 atom stereocenters. The highest BCUT2D eigenvalue weighted by atomic mass is 16.5. The SMILES string of the molecule is C=CN=C(C=C)C(=O)NC1CCN(CC(O)c2ccc3c(c2)COC3=O)CC1. The number of hydrogen-bond acceptors (Lipinski definition) is 6. The molecule has 2 aliphatic heterocycles. The Morgan fingerprint density at radius 1 is 1.39 bits per heavy atom. The topological polar surface area (TPSA) is 91.2 Å². The van der Waals surface area contributed by atoms with Gasteiger partial charge in [-0.2, -0.15) is 0 Å². The predicted octanol–water partition coefficient (Wildman–Crippen LogP) is 1.74. The molecule has 1 aromatic carbocycles. The van der Waals surface area contributed by atoms with Crippen LogP contribution in [0.3, 0.4) is 0 Å². The van der Waals surface area contributed by atoms with E-state index in [0.717, 1.165) is 37.1 Å². The van der Waals surface area contributed by atoms with Crippen molar-refractivity contribution < 1.29 is 19.4 Å². The molecule has 0 spiro atoms. The molecule has 3 rings (SSSR count). The molecule has 1 aromatic rings. The predicted molar refractivity (Wildman–Crippen MR) is 106 cm³/mol. The number of amides is 1. The molecule has 148 valence electrons. The second kappa shape index (κ2) is 8.95. The molecule has 0 aliphatic carbocycles. The van der Waals surface area contributed by atoms with Crippen molar-refractivity contribution in [1.29, 1.82) is 0 Å². The first kappa shape index (κ1) is 20.0. The minimum Gasteiger partial charge on any atom is -0.457 e. The van der Waals surface area contributed by atoms with Gasteiger partial charge < -0.3 is 20.1 Å². The number of β-amino-alcohol motifs (C(OH)–C–C–N with tert-alkyl or cyclic N) is 1. The van der Waals surface area contributed by atoms with Gasteiger partial charge in [-0.3, -0.25) is 9.79 Å². The number of aliphatic hydroxyl groups is 1. The molecule has 1 saturated heterocycles. The molecule has 0 radical (unpaired) electrons. The number of benzene rings is 1. The van der Waals surface area contributed by atoms with Gasteiger partial charge in [0.1, 0.15) is 12.3 Å². The van der Waals surface area contributed by atoms with Crippen molar-refractivity contribution in [1.82, 2.24) is 10.2 Å². The Morgan fingerprint density at radius 2 is 2.14 bits per heavy atom. The number of rotatable bonds is 7. The lowest BCUT2D eigenvalue weighted by molar-refractivity contribution is -0.115. The molecule has 0 bridgehead atoms. The number of nitrogens with one attached hydrogen (secondary N) is 1. The molecular weight excluding hydrogens is 358 g/mol. The van der Waals surface area contributed by atoms with E-state index in [1.165, 1.54) is 12.3 Å². The summed E-state index contributed by atoms with van der Waals surface area (Å²) in [5.74, 6) is -0.554. The summed E-state index contributed by atoms with van der Waals surface area (Å²) in [6, 6.07) is 5.40. The average Bonchev–Trinajstić information content (AvgIpc) is 3.07. The second-order valence-corrected chi connectivity index (χ2v) is 6.96. The van der Waals surface area contributed by atoms with Crippen LogP contribution in [-0.2, 0) is 16.1 Å². The average molecular weight is 383 g/mol. The number of esters is 1. The van der Waals surface area contributed by atoms with Gasteiger partial charge in [-0.15, -0.1) is 0 Å². The van der Waals surface area contributed by atoms with Crippen molar-refractivity contribution in [2.24, 2.45) is 4.99 Å². The number of hydrogen-bond donors (Lipinski definition) is 2. The minimum atomic E-state index is -0.640. The molecule has 2 aliphatic rings. The van der Waals surface area contributed by atoms with E-state index >= 15 is 0 Å². The molecule has 28 heavy (non-hydrogen) atoms. The highest BCUT2D eigenvalue weighted by Crippen LogP contribution is 2.25. The molecule has 7 nitrogen and oxygen atoms in total. The summed E-state index contributed by atoms with van der Waals surface area (Å²) in [6.45, 7) is 9.40. The number of aliphatic hydroxyl groups excluding tert-OH is 1. The number of carbonyl (C=O) groups is 2. The third-order valence-corrected chi connectivity index (χ3v) is 5.10. The molecule has 1 unspecified atom stereocenters. The van der Waals surface area contributed by atoms with E-state index in [1.807, 2.05) is 6.07 Å². The Kier molecular flexibility index (Phi) is 6.38. The first-order chi connectivity index (χ1) is 13.5. The molecule has 7 heteroatoms. The normalized spacial score (nSPS) is 18.9. The quantitative estimate of drug-likeness (QED) is 0.553. The van der Waals surface area contributed by atoms with E-state index in [9.17, 15) is 14.7 Å². The molecule has 0 aromatic heterocycles. The van der Waals surface area contributed by atoms with Crippen LogP contribution in [0.15, 0.2) is 48.6 Å². The van der Waals surface area contributed by atoms with Crippen LogP contribution < -0.4 is 5.32 Å². The first-order valence-electron chi connectivity index (χ1n) is 9.34. The van der Waals surface area contributed by atoms with E-state index in [-0.39, 0.29) is 30.2 Å². The van der Waals surface area contributed by atoms with Crippen LogP contribution in [0.2, 0.25) is 0 Å². The number of likely N-dealkylation sites (tertiary alicyclic amines) is 1. The summed E-state index contributed by atoms with van der Waals surface area (Å²) in [5.41, 5.74) is 2.43. The number of cyclic esters (lactones) is 1. The fourth-order valence-electron chi connectivity index (χ4n) is 3.53. The lowest BCUT2D eigenvalue weighted by Gasteiger charge is -2.33. The van der Waals surface area contributed by atoms with Gasteiger partial charge in [0.25, 0.3) is 5.91 Å². The van der Waals surface area contributed by atoms with Crippen LogP contribution in [0.4, 0.5) is 0 Å². The van der Waals surface area contributed by atoms with Gasteiger partial charge in [-0.1, -0.05) is 19.2 Å². The van der Waals surface area contributed by atoms with Crippen LogP contribution in [0.25, 0.3) is 0 Å². The van der Waals surface area contributed by atoms with Gasteiger partial charge in [-0.25, -0.2) is 4.79 Å². The number of fused-ring (bicyclic) bond motifs is 1. The van der Waals surface area contributed by atoms with E-state index in [4.69, 9.17) is 4.74 Å². The smallest absolute Gasteiger partial charge is 0.338 e. The molecular formula is C21H25N3O4. The Bertz CT molecular complexity index is 810. The van der Waals surface area contributed by atoms with Crippen LogP contribution in [0.5, 0.6) is 0 Å². The van der Waals surface area contributed by atoms with Crippen molar-refractivity contribution in [3.8, 4) is 0 Å². The van der Waals surface area contributed by atoms with Crippen LogP contribution >= 0.6 is 0 Å². The Morgan fingerprint density at radius 3 is 2.82 bits per heavy atom. The maximum Gasteiger partial charge on any atom is 0.338 e. The van der Waals surface area contributed by atoms with Gasteiger partial charge in [0, 0.05) is 37.4 Å². The second-order valence-electron chi connectivity index (χ2n) is 6.96. The summed E-state index contributed by atoms with van der Waals surface area (Å²) in [6.07, 6.45) is 3.69. The fourth-order valence-corrected chi connectivity index (χ4v) is 3.53. The highest BCUT2D eigenvalue weighted by molar-refractivity contribution is 6.43. The van der Waals surface area contributed by atoms with Crippen molar-refractivity contribution >= 4 is 17.6 Å². The first-order valence-corrected chi connectivity index (χ1v) is 9.34. The van der Waals surface area contributed by atoms with Crippen LogP contribution in [0, 0.1) is 0 Å². The number of nitrogens with zero attached hydrogens (tertiary/aromatic N) is 2. The number of ether oxygens (including phenoxy) is 1. The van der Waals surface area contributed by atoms with Gasteiger partial charge in [-0.05, 0) is 36.6 Å². The molecule has 1 fully saturated rings.